The summed E-state index contributed by atoms with van der Waals surface area (Å²) in [6.45, 7) is 3.81. The summed E-state index contributed by atoms with van der Waals surface area (Å²) in [6.07, 6.45) is 6.08. The van der Waals surface area contributed by atoms with Gasteiger partial charge in [-0.1, -0.05) is 29.8 Å². The van der Waals surface area contributed by atoms with Crippen LogP contribution in [0.15, 0.2) is 36.4 Å². The molecule has 5 heteroatoms. The van der Waals surface area contributed by atoms with Gasteiger partial charge in [0.2, 0.25) is 5.91 Å². The highest BCUT2D eigenvalue weighted by atomic mass is 35.5. The topological polar surface area (TPSA) is 40.6 Å². The molecule has 162 valence electrons. The number of hydrogen-bond donors (Lipinski definition) is 0. The van der Waals surface area contributed by atoms with Gasteiger partial charge < -0.3 is 4.90 Å². The van der Waals surface area contributed by atoms with Crippen LogP contribution in [0.2, 0.25) is 5.02 Å². The first-order chi connectivity index (χ1) is 15.1. The Balaban J connectivity index is 1.15. The van der Waals surface area contributed by atoms with Crippen molar-refractivity contribution in [3.8, 4) is 0 Å². The van der Waals surface area contributed by atoms with Gasteiger partial charge in [-0.15, -0.1) is 0 Å². The number of halogens is 1. The summed E-state index contributed by atoms with van der Waals surface area (Å²) in [6, 6.07) is 12.2. The van der Waals surface area contributed by atoms with E-state index in [0.717, 1.165) is 74.6 Å². The van der Waals surface area contributed by atoms with E-state index >= 15 is 0 Å². The highest BCUT2D eigenvalue weighted by molar-refractivity contribution is 6.31. The number of amides is 1. The van der Waals surface area contributed by atoms with E-state index in [1.807, 2.05) is 29.2 Å². The van der Waals surface area contributed by atoms with E-state index in [1.54, 1.807) is 0 Å². The molecule has 0 atom stereocenters. The normalized spacial score (nSPS) is 19.0. The van der Waals surface area contributed by atoms with Crippen LogP contribution in [0.1, 0.15) is 59.2 Å². The molecule has 3 aliphatic heterocycles. The molecule has 5 rings (SSSR count). The number of likely N-dealkylation sites (tertiary alicyclic amines) is 1. The van der Waals surface area contributed by atoms with Crippen LogP contribution < -0.4 is 4.90 Å². The maximum Gasteiger partial charge on any atom is 0.227 e. The largest absolute Gasteiger partial charge is 0.312 e. The maximum absolute atomic E-state index is 13.0. The third kappa shape index (κ3) is 4.28. The Bertz CT molecular complexity index is 1010. The second-order valence-corrected chi connectivity index (χ2v) is 9.62. The molecule has 0 spiro atoms. The van der Waals surface area contributed by atoms with Gasteiger partial charge in [0, 0.05) is 36.5 Å². The monoisotopic (exact) mass is 436 g/mol. The van der Waals surface area contributed by atoms with Crippen LogP contribution in [0.25, 0.3) is 0 Å². The fourth-order valence-electron chi connectivity index (χ4n) is 5.40. The predicted molar refractivity (Wildman–Crippen MR) is 124 cm³/mol. The molecule has 0 saturated carbocycles. The minimum Gasteiger partial charge on any atom is -0.312 e. The minimum atomic E-state index is 0.228. The van der Waals surface area contributed by atoms with Gasteiger partial charge in [0.25, 0.3) is 0 Å². The van der Waals surface area contributed by atoms with Crippen LogP contribution >= 0.6 is 11.6 Å². The quantitative estimate of drug-likeness (QED) is 0.595. The molecular formula is C26H29ClN2O2. The lowest BCUT2D eigenvalue weighted by Gasteiger charge is -2.32. The van der Waals surface area contributed by atoms with Crippen molar-refractivity contribution in [3.05, 3.63) is 63.7 Å². The second kappa shape index (κ2) is 8.76. The number of hydrogen-bond acceptors (Lipinski definition) is 3. The zero-order valence-electron chi connectivity index (χ0n) is 17.9. The van der Waals surface area contributed by atoms with Gasteiger partial charge in [0.1, 0.15) is 0 Å². The summed E-state index contributed by atoms with van der Waals surface area (Å²) < 4.78 is 0. The standard InChI is InChI=1S/C26H29ClN2O2/c27-23-4-2-1-3-21(23)17-28-12-9-18(10-13-28)5-7-24(30)22-15-19-6-8-25(31)29-14-11-20(16-22)26(19)29/h1-4,15-16,18H,5-14,17H2. The molecule has 4 nitrogen and oxygen atoms in total. The van der Waals surface area contributed by atoms with Crippen molar-refractivity contribution < 1.29 is 9.59 Å². The summed E-state index contributed by atoms with van der Waals surface area (Å²) in [7, 11) is 0. The van der Waals surface area contributed by atoms with Crippen molar-refractivity contribution in [1.29, 1.82) is 0 Å². The van der Waals surface area contributed by atoms with Crippen molar-refractivity contribution in [1.82, 2.24) is 4.90 Å². The SMILES string of the molecule is O=C(CCC1CCN(Cc2ccccc2Cl)CC1)c1cc2c3c(c1)CCN3C(=O)CC2. The van der Waals surface area contributed by atoms with E-state index in [4.69, 9.17) is 11.6 Å². The van der Waals surface area contributed by atoms with Crippen LogP contribution in [-0.2, 0) is 24.2 Å². The number of carbonyl (C=O) groups is 2. The number of benzene rings is 2. The number of Topliss-reactive ketones (excluding diaryl/α,β-unsaturated/α-hetero) is 1. The third-order valence-electron chi connectivity index (χ3n) is 7.21. The Hall–Kier alpha value is -2.17. The summed E-state index contributed by atoms with van der Waals surface area (Å²) in [5.74, 6) is 1.10. The van der Waals surface area contributed by atoms with E-state index in [0.29, 0.717) is 18.8 Å². The van der Waals surface area contributed by atoms with Gasteiger partial charge in [-0.25, -0.2) is 0 Å². The van der Waals surface area contributed by atoms with E-state index in [2.05, 4.69) is 17.0 Å². The number of ketones is 1. The van der Waals surface area contributed by atoms with Crippen molar-refractivity contribution in [3.63, 3.8) is 0 Å². The van der Waals surface area contributed by atoms with E-state index in [9.17, 15) is 9.59 Å². The number of rotatable bonds is 6. The van der Waals surface area contributed by atoms with Crippen LogP contribution in [0, 0.1) is 5.92 Å². The third-order valence-corrected chi connectivity index (χ3v) is 7.58. The Kier molecular flexibility index (Phi) is 5.85. The predicted octanol–water partition coefficient (Wildman–Crippen LogP) is 5.05. The smallest absolute Gasteiger partial charge is 0.227 e. The molecule has 0 aliphatic carbocycles. The molecular weight excluding hydrogens is 408 g/mol. The molecule has 0 unspecified atom stereocenters. The Labute approximate surface area is 189 Å². The lowest BCUT2D eigenvalue weighted by Crippen LogP contribution is -2.33. The molecule has 1 saturated heterocycles. The molecule has 2 aromatic carbocycles. The molecule has 3 heterocycles. The van der Waals surface area contributed by atoms with Gasteiger partial charge in [-0.2, -0.15) is 0 Å². The fraction of sp³-hybridized carbons (Fsp3) is 0.462. The zero-order valence-corrected chi connectivity index (χ0v) is 18.7. The molecule has 1 amide bonds. The highest BCUT2D eigenvalue weighted by Crippen LogP contribution is 2.38. The first-order valence-corrected chi connectivity index (χ1v) is 11.9. The molecule has 1 fully saturated rings. The van der Waals surface area contributed by atoms with Crippen molar-refractivity contribution >= 4 is 29.0 Å². The maximum atomic E-state index is 13.0. The van der Waals surface area contributed by atoms with Gasteiger partial charge in [-0.05, 0) is 86.0 Å². The second-order valence-electron chi connectivity index (χ2n) is 9.21. The Morgan fingerprint density at radius 2 is 1.74 bits per heavy atom. The molecule has 2 aromatic rings. The van der Waals surface area contributed by atoms with Crippen LogP contribution in [0.5, 0.6) is 0 Å². The molecule has 31 heavy (non-hydrogen) atoms. The average Bonchev–Trinajstić information content (AvgIpc) is 3.22. The van der Waals surface area contributed by atoms with E-state index in [-0.39, 0.29) is 11.7 Å². The summed E-state index contributed by atoms with van der Waals surface area (Å²) in [4.78, 5) is 29.5. The first-order valence-electron chi connectivity index (χ1n) is 11.5. The number of aryl methyl sites for hydroxylation is 1. The molecule has 0 radical (unpaired) electrons. The zero-order chi connectivity index (χ0) is 21.4. The highest BCUT2D eigenvalue weighted by Gasteiger charge is 2.32. The molecule has 0 aromatic heterocycles. The minimum absolute atomic E-state index is 0.228. The average molecular weight is 437 g/mol. The van der Waals surface area contributed by atoms with Crippen LogP contribution in [0.4, 0.5) is 5.69 Å². The van der Waals surface area contributed by atoms with Crippen LogP contribution in [0.3, 0.4) is 0 Å². The number of anilines is 1. The lowest BCUT2D eigenvalue weighted by molar-refractivity contribution is -0.118. The Morgan fingerprint density at radius 3 is 2.52 bits per heavy atom. The number of carbonyl (C=O) groups excluding carboxylic acids is 2. The van der Waals surface area contributed by atoms with Gasteiger partial charge in [-0.3, -0.25) is 14.5 Å². The number of piperidine rings is 1. The molecule has 0 N–H and O–H groups in total. The van der Waals surface area contributed by atoms with Crippen molar-refractivity contribution in [2.75, 3.05) is 24.5 Å². The van der Waals surface area contributed by atoms with E-state index < -0.39 is 0 Å². The summed E-state index contributed by atoms with van der Waals surface area (Å²) in [5.41, 5.74) is 5.51. The lowest BCUT2D eigenvalue weighted by atomic mass is 9.89. The molecule has 3 aliphatic rings. The fourth-order valence-corrected chi connectivity index (χ4v) is 5.59. The van der Waals surface area contributed by atoms with Gasteiger partial charge in [0.15, 0.2) is 5.78 Å². The van der Waals surface area contributed by atoms with Gasteiger partial charge >= 0.3 is 0 Å². The van der Waals surface area contributed by atoms with Crippen molar-refractivity contribution in [2.45, 2.75) is 51.5 Å². The summed E-state index contributed by atoms with van der Waals surface area (Å²) >= 11 is 6.31. The molecule has 0 bridgehead atoms. The van der Waals surface area contributed by atoms with E-state index in [1.165, 1.54) is 16.7 Å². The Morgan fingerprint density at radius 1 is 1.00 bits per heavy atom. The van der Waals surface area contributed by atoms with Crippen LogP contribution in [-0.4, -0.2) is 36.2 Å². The van der Waals surface area contributed by atoms with Gasteiger partial charge in [0.05, 0.1) is 5.69 Å². The number of nitrogens with zero attached hydrogens (tertiary/aromatic N) is 2. The first kappa shape index (κ1) is 20.7. The van der Waals surface area contributed by atoms with Crippen molar-refractivity contribution in [2.24, 2.45) is 5.92 Å². The summed E-state index contributed by atoms with van der Waals surface area (Å²) in [5, 5.41) is 0.844.